The van der Waals surface area contributed by atoms with Gasteiger partial charge in [0.1, 0.15) is 5.69 Å². The van der Waals surface area contributed by atoms with Gasteiger partial charge in [0.15, 0.2) is 11.5 Å². The highest BCUT2D eigenvalue weighted by Gasteiger charge is 2.28. The van der Waals surface area contributed by atoms with Crippen molar-refractivity contribution in [2.45, 2.75) is 6.10 Å². The first kappa shape index (κ1) is 15.3. The molecule has 1 heterocycles. The van der Waals surface area contributed by atoms with Crippen LogP contribution >= 0.6 is 0 Å². The highest BCUT2D eigenvalue weighted by molar-refractivity contribution is 5.70. The van der Waals surface area contributed by atoms with Crippen LogP contribution in [0.25, 0.3) is 0 Å². The number of rotatable bonds is 5. The fourth-order valence-corrected chi connectivity index (χ4v) is 2.31. The average Bonchev–Trinajstić information content (AvgIpc) is 2.53. The molecule has 0 aliphatic carbocycles. The zero-order valence-corrected chi connectivity index (χ0v) is 11.9. The molecule has 116 valence electrons. The average molecular weight is 298 g/mol. The van der Waals surface area contributed by atoms with Crippen molar-refractivity contribution in [3.05, 3.63) is 22.2 Å². The monoisotopic (exact) mass is 298 g/mol. The van der Waals surface area contributed by atoms with E-state index in [-0.39, 0.29) is 18.4 Å². The van der Waals surface area contributed by atoms with E-state index < -0.39 is 4.92 Å². The van der Waals surface area contributed by atoms with Crippen LogP contribution in [0.2, 0.25) is 0 Å². The number of aliphatic hydroxyl groups is 1. The topological polar surface area (TPSA) is 94.3 Å². The Balaban J connectivity index is 2.42. The van der Waals surface area contributed by atoms with E-state index in [1.807, 2.05) is 4.90 Å². The number of hydrogen-bond donors (Lipinski definition) is 1. The molecule has 8 nitrogen and oxygen atoms in total. The van der Waals surface area contributed by atoms with E-state index in [9.17, 15) is 15.2 Å². The summed E-state index contributed by atoms with van der Waals surface area (Å²) in [4.78, 5) is 12.6. The molecule has 1 unspecified atom stereocenters. The standard InChI is InChI=1S/C13H18N2O6/c1-19-12-5-10(11(15(17)18)6-13(12)20-2)14-3-4-21-9(7-14)8-16/h5-6,9,16H,3-4,7-8H2,1-2H3. The maximum atomic E-state index is 11.3. The Morgan fingerprint density at radius 3 is 2.67 bits per heavy atom. The predicted molar refractivity (Wildman–Crippen MR) is 75.2 cm³/mol. The zero-order chi connectivity index (χ0) is 15.4. The van der Waals surface area contributed by atoms with Gasteiger partial charge in [0.25, 0.3) is 5.69 Å². The van der Waals surface area contributed by atoms with Gasteiger partial charge in [0.2, 0.25) is 0 Å². The molecule has 21 heavy (non-hydrogen) atoms. The lowest BCUT2D eigenvalue weighted by Crippen LogP contribution is -2.44. The van der Waals surface area contributed by atoms with Crippen LogP contribution in [0.5, 0.6) is 11.5 Å². The predicted octanol–water partition coefficient (Wildman–Crippen LogP) is 0.809. The molecule has 1 fully saturated rings. The van der Waals surface area contributed by atoms with Crippen molar-refractivity contribution in [2.24, 2.45) is 0 Å². The van der Waals surface area contributed by atoms with Crippen molar-refractivity contribution in [3.63, 3.8) is 0 Å². The first-order valence-corrected chi connectivity index (χ1v) is 6.48. The lowest BCUT2D eigenvalue weighted by molar-refractivity contribution is -0.384. The molecule has 8 heteroatoms. The summed E-state index contributed by atoms with van der Waals surface area (Å²) in [5.41, 5.74) is 0.366. The molecule has 0 aromatic heterocycles. The minimum absolute atomic E-state index is 0.0637. The van der Waals surface area contributed by atoms with Crippen molar-refractivity contribution in [1.82, 2.24) is 0 Å². The van der Waals surface area contributed by atoms with Gasteiger partial charge in [-0.15, -0.1) is 0 Å². The van der Waals surface area contributed by atoms with Crippen molar-refractivity contribution < 1.29 is 24.2 Å². The summed E-state index contributed by atoms with van der Waals surface area (Å²) in [6, 6.07) is 2.92. The van der Waals surface area contributed by atoms with E-state index in [0.29, 0.717) is 36.9 Å². The second kappa shape index (κ2) is 6.59. The maximum Gasteiger partial charge on any atom is 0.296 e. The van der Waals surface area contributed by atoms with Crippen LogP contribution in [0.1, 0.15) is 0 Å². The van der Waals surface area contributed by atoms with Crippen LogP contribution in [-0.4, -0.2) is 56.7 Å². The Morgan fingerprint density at radius 2 is 2.10 bits per heavy atom. The number of anilines is 1. The fourth-order valence-electron chi connectivity index (χ4n) is 2.31. The summed E-state index contributed by atoms with van der Waals surface area (Å²) < 4.78 is 15.7. The molecule has 1 saturated heterocycles. The largest absolute Gasteiger partial charge is 0.493 e. The minimum atomic E-state index is -0.458. The molecule has 0 amide bonds. The van der Waals surface area contributed by atoms with E-state index in [1.165, 1.54) is 20.3 Å². The quantitative estimate of drug-likeness (QED) is 0.635. The Bertz CT molecular complexity index is 522. The third-order valence-electron chi connectivity index (χ3n) is 3.36. The molecule has 1 atom stereocenters. The molecule has 1 aliphatic heterocycles. The number of aliphatic hydroxyl groups excluding tert-OH is 1. The number of hydrogen-bond acceptors (Lipinski definition) is 7. The normalized spacial score (nSPS) is 18.4. The maximum absolute atomic E-state index is 11.3. The highest BCUT2D eigenvalue weighted by atomic mass is 16.6. The van der Waals surface area contributed by atoms with Crippen LogP contribution < -0.4 is 14.4 Å². The fraction of sp³-hybridized carbons (Fsp3) is 0.538. The molecule has 1 aromatic rings. The van der Waals surface area contributed by atoms with E-state index in [4.69, 9.17) is 14.2 Å². The first-order valence-electron chi connectivity index (χ1n) is 6.48. The van der Waals surface area contributed by atoms with Gasteiger partial charge in [-0.1, -0.05) is 0 Å². The molecule has 0 radical (unpaired) electrons. The van der Waals surface area contributed by atoms with Crippen molar-refractivity contribution in [2.75, 3.05) is 45.4 Å². The third-order valence-corrected chi connectivity index (χ3v) is 3.36. The van der Waals surface area contributed by atoms with E-state index in [2.05, 4.69) is 0 Å². The lowest BCUT2D eigenvalue weighted by atomic mass is 10.2. The van der Waals surface area contributed by atoms with Gasteiger partial charge < -0.3 is 24.2 Å². The summed E-state index contributed by atoms with van der Waals surface area (Å²) in [7, 11) is 2.90. The van der Waals surface area contributed by atoms with Gasteiger partial charge in [-0.3, -0.25) is 10.1 Å². The number of methoxy groups -OCH3 is 2. The van der Waals surface area contributed by atoms with Gasteiger partial charge in [-0.05, 0) is 0 Å². The lowest BCUT2D eigenvalue weighted by Gasteiger charge is -2.33. The Kier molecular flexibility index (Phi) is 4.81. The van der Waals surface area contributed by atoms with E-state index >= 15 is 0 Å². The van der Waals surface area contributed by atoms with Crippen LogP contribution in [0.3, 0.4) is 0 Å². The number of ether oxygens (including phenoxy) is 3. The Hall–Kier alpha value is -2.06. The Morgan fingerprint density at radius 1 is 1.43 bits per heavy atom. The van der Waals surface area contributed by atoms with Gasteiger partial charge in [0, 0.05) is 19.2 Å². The molecule has 0 bridgehead atoms. The van der Waals surface area contributed by atoms with E-state index in [1.54, 1.807) is 6.07 Å². The van der Waals surface area contributed by atoms with Crippen LogP contribution in [-0.2, 0) is 4.74 Å². The van der Waals surface area contributed by atoms with Crippen molar-refractivity contribution in [1.29, 1.82) is 0 Å². The number of nitro groups is 1. The summed E-state index contributed by atoms with van der Waals surface area (Å²) in [6.07, 6.45) is -0.355. The van der Waals surface area contributed by atoms with Crippen LogP contribution in [0, 0.1) is 10.1 Å². The van der Waals surface area contributed by atoms with Crippen LogP contribution in [0.4, 0.5) is 11.4 Å². The molecule has 0 spiro atoms. The third kappa shape index (κ3) is 3.17. The number of morpholine rings is 1. The van der Waals surface area contributed by atoms with Crippen molar-refractivity contribution >= 4 is 11.4 Å². The summed E-state index contributed by atoms with van der Waals surface area (Å²) in [6.45, 7) is 1.16. The number of nitrogens with zero attached hydrogens (tertiary/aromatic N) is 2. The summed E-state index contributed by atoms with van der Waals surface area (Å²) in [5.74, 6) is 0.727. The van der Waals surface area contributed by atoms with Gasteiger partial charge in [-0.25, -0.2) is 0 Å². The second-order valence-electron chi connectivity index (χ2n) is 4.57. The summed E-state index contributed by atoms with van der Waals surface area (Å²) in [5, 5.41) is 20.5. The van der Waals surface area contributed by atoms with Gasteiger partial charge in [-0.2, -0.15) is 0 Å². The highest BCUT2D eigenvalue weighted by Crippen LogP contribution is 2.39. The first-order chi connectivity index (χ1) is 10.1. The molecular weight excluding hydrogens is 280 g/mol. The zero-order valence-electron chi connectivity index (χ0n) is 11.9. The molecular formula is C13H18N2O6. The van der Waals surface area contributed by atoms with Gasteiger partial charge in [0.05, 0.1) is 44.5 Å². The summed E-state index contributed by atoms with van der Waals surface area (Å²) >= 11 is 0. The minimum Gasteiger partial charge on any atom is -0.493 e. The molecule has 1 aliphatic rings. The number of nitro benzene ring substituents is 1. The molecule has 1 N–H and O–H groups in total. The van der Waals surface area contributed by atoms with E-state index in [0.717, 1.165) is 0 Å². The van der Waals surface area contributed by atoms with Crippen LogP contribution in [0.15, 0.2) is 12.1 Å². The number of benzene rings is 1. The smallest absolute Gasteiger partial charge is 0.296 e. The molecule has 0 saturated carbocycles. The van der Waals surface area contributed by atoms with Crippen molar-refractivity contribution in [3.8, 4) is 11.5 Å². The molecule has 2 rings (SSSR count). The SMILES string of the molecule is COc1cc(N2CCOC(CO)C2)c([N+](=O)[O-])cc1OC. The molecule has 1 aromatic carbocycles. The Labute approximate surface area is 122 Å². The van der Waals surface area contributed by atoms with Gasteiger partial charge >= 0.3 is 0 Å². The second-order valence-corrected chi connectivity index (χ2v) is 4.57.